The Kier molecular flexibility index (Phi) is 3.70. The van der Waals surface area contributed by atoms with E-state index in [-0.39, 0.29) is 0 Å². The second-order valence-electron chi connectivity index (χ2n) is 4.72. The number of nitrogens with two attached hydrogens (primary N) is 1. The summed E-state index contributed by atoms with van der Waals surface area (Å²) >= 11 is 0. The first-order chi connectivity index (χ1) is 7.77. The summed E-state index contributed by atoms with van der Waals surface area (Å²) in [5, 5.41) is 0. The van der Waals surface area contributed by atoms with Crippen LogP contribution in [0.2, 0.25) is 0 Å². The molecule has 0 bridgehead atoms. The summed E-state index contributed by atoms with van der Waals surface area (Å²) in [6, 6.07) is 6.01. The van der Waals surface area contributed by atoms with Crippen molar-refractivity contribution in [1.82, 2.24) is 0 Å². The standard InChI is InChI=1S/C14H21NO/c1-11-7-6-10-13(14(11)15)16-12-8-4-2-3-5-9-12/h6-7,10,12H,2-5,8-9,15H2,1H3. The van der Waals surface area contributed by atoms with Gasteiger partial charge in [0.1, 0.15) is 5.75 Å². The van der Waals surface area contributed by atoms with Crippen molar-refractivity contribution in [2.24, 2.45) is 0 Å². The number of nitrogen functional groups attached to an aromatic ring is 1. The number of rotatable bonds is 2. The summed E-state index contributed by atoms with van der Waals surface area (Å²) in [6.07, 6.45) is 7.99. The molecule has 1 saturated carbocycles. The van der Waals surface area contributed by atoms with Crippen LogP contribution >= 0.6 is 0 Å². The minimum absolute atomic E-state index is 0.367. The Morgan fingerprint density at radius 3 is 2.50 bits per heavy atom. The van der Waals surface area contributed by atoms with Crippen molar-refractivity contribution in [3.05, 3.63) is 23.8 Å². The van der Waals surface area contributed by atoms with Crippen molar-refractivity contribution in [2.75, 3.05) is 5.73 Å². The average Bonchev–Trinajstić information content (AvgIpc) is 2.53. The lowest BCUT2D eigenvalue weighted by Gasteiger charge is -2.18. The second kappa shape index (κ2) is 5.24. The minimum atomic E-state index is 0.367. The van der Waals surface area contributed by atoms with Gasteiger partial charge in [-0.1, -0.05) is 25.0 Å². The van der Waals surface area contributed by atoms with Crippen LogP contribution in [-0.4, -0.2) is 6.10 Å². The maximum Gasteiger partial charge on any atom is 0.142 e. The fourth-order valence-electron chi connectivity index (χ4n) is 2.30. The first kappa shape index (κ1) is 11.3. The molecule has 1 aliphatic rings. The number of hydrogen-bond acceptors (Lipinski definition) is 2. The summed E-state index contributed by atoms with van der Waals surface area (Å²) < 4.78 is 6.02. The third-order valence-corrected chi connectivity index (χ3v) is 3.38. The first-order valence-electron chi connectivity index (χ1n) is 6.29. The molecule has 0 unspecified atom stereocenters. The molecule has 0 heterocycles. The van der Waals surface area contributed by atoms with Crippen LogP contribution in [-0.2, 0) is 0 Å². The van der Waals surface area contributed by atoms with E-state index in [4.69, 9.17) is 10.5 Å². The van der Waals surface area contributed by atoms with E-state index in [0.717, 1.165) is 17.0 Å². The molecular formula is C14H21NO. The first-order valence-corrected chi connectivity index (χ1v) is 6.29. The smallest absolute Gasteiger partial charge is 0.142 e. The van der Waals surface area contributed by atoms with Gasteiger partial charge < -0.3 is 10.5 Å². The summed E-state index contributed by atoms with van der Waals surface area (Å²) in [7, 11) is 0. The van der Waals surface area contributed by atoms with Gasteiger partial charge in [0, 0.05) is 0 Å². The van der Waals surface area contributed by atoms with Crippen LogP contribution in [0.3, 0.4) is 0 Å². The van der Waals surface area contributed by atoms with Crippen LogP contribution in [0.1, 0.15) is 44.1 Å². The Balaban J connectivity index is 2.04. The zero-order valence-corrected chi connectivity index (χ0v) is 10.0. The number of ether oxygens (including phenoxy) is 1. The van der Waals surface area contributed by atoms with Crippen LogP contribution in [0.25, 0.3) is 0 Å². The normalized spacial score (nSPS) is 18.1. The van der Waals surface area contributed by atoms with E-state index >= 15 is 0 Å². The average molecular weight is 219 g/mol. The van der Waals surface area contributed by atoms with Crippen molar-refractivity contribution < 1.29 is 4.74 Å². The zero-order valence-electron chi connectivity index (χ0n) is 10.0. The fourth-order valence-corrected chi connectivity index (χ4v) is 2.30. The van der Waals surface area contributed by atoms with Crippen molar-refractivity contribution in [3.63, 3.8) is 0 Å². The van der Waals surface area contributed by atoms with Crippen LogP contribution in [0.15, 0.2) is 18.2 Å². The number of para-hydroxylation sites is 1. The summed E-state index contributed by atoms with van der Waals surface area (Å²) in [5.74, 6) is 0.868. The van der Waals surface area contributed by atoms with Crippen LogP contribution < -0.4 is 10.5 Å². The third-order valence-electron chi connectivity index (χ3n) is 3.38. The second-order valence-corrected chi connectivity index (χ2v) is 4.72. The van der Waals surface area contributed by atoms with Gasteiger partial charge in [-0.2, -0.15) is 0 Å². The van der Waals surface area contributed by atoms with Crippen LogP contribution in [0.4, 0.5) is 5.69 Å². The molecule has 1 aliphatic carbocycles. The number of benzene rings is 1. The van der Waals surface area contributed by atoms with Crippen molar-refractivity contribution in [3.8, 4) is 5.75 Å². The van der Waals surface area contributed by atoms with E-state index in [2.05, 4.69) is 0 Å². The van der Waals surface area contributed by atoms with Crippen molar-refractivity contribution >= 4 is 5.69 Å². The number of aryl methyl sites for hydroxylation is 1. The third kappa shape index (κ3) is 2.69. The molecule has 2 N–H and O–H groups in total. The minimum Gasteiger partial charge on any atom is -0.488 e. The molecular weight excluding hydrogens is 198 g/mol. The molecule has 0 radical (unpaired) electrons. The molecule has 1 aromatic rings. The van der Waals surface area contributed by atoms with Crippen LogP contribution in [0.5, 0.6) is 5.75 Å². The highest BCUT2D eigenvalue weighted by Gasteiger charge is 2.15. The maximum absolute atomic E-state index is 6.02. The monoisotopic (exact) mass is 219 g/mol. The van der Waals surface area contributed by atoms with Gasteiger partial charge in [-0.15, -0.1) is 0 Å². The summed E-state index contributed by atoms with van der Waals surface area (Å²) in [4.78, 5) is 0. The lowest BCUT2D eigenvalue weighted by Crippen LogP contribution is -2.16. The Labute approximate surface area is 97.8 Å². The van der Waals surface area contributed by atoms with Gasteiger partial charge in [-0.3, -0.25) is 0 Å². The highest BCUT2D eigenvalue weighted by atomic mass is 16.5. The van der Waals surface area contributed by atoms with E-state index in [9.17, 15) is 0 Å². The quantitative estimate of drug-likeness (QED) is 0.608. The highest BCUT2D eigenvalue weighted by Crippen LogP contribution is 2.28. The molecule has 0 saturated heterocycles. The SMILES string of the molecule is Cc1cccc(OC2CCCCCC2)c1N. The van der Waals surface area contributed by atoms with E-state index in [1.54, 1.807) is 0 Å². The molecule has 0 aliphatic heterocycles. The number of anilines is 1. The summed E-state index contributed by atoms with van der Waals surface area (Å²) in [5.41, 5.74) is 7.91. The molecule has 0 amide bonds. The Morgan fingerprint density at radius 1 is 1.12 bits per heavy atom. The zero-order chi connectivity index (χ0) is 11.4. The van der Waals surface area contributed by atoms with Gasteiger partial charge in [0.05, 0.1) is 11.8 Å². The molecule has 16 heavy (non-hydrogen) atoms. The van der Waals surface area contributed by atoms with Gasteiger partial charge in [0.2, 0.25) is 0 Å². The van der Waals surface area contributed by atoms with Gasteiger partial charge in [-0.05, 0) is 44.2 Å². The van der Waals surface area contributed by atoms with Gasteiger partial charge in [0.25, 0.3) is 0 Å². The molecule has 2 rings (SSSR count). The Morgan fingerprint density at radius 2 is 1.81 bits per heavy atom. The lowest BCUT2D eigenvalue weighted by atomic mass is 10.1. The molecule has 1 aromatic carbocycles. The van der Waals surface area contributed by atoms with E-state index in [1.807, 2.05) is 25.1 Å². The van der Waals surface area contributed by atoms with E-state index in [1.165, 1.54) is 38.5 Å². The maximum atomic E-state index is 6.02. The highest BCUT2D eigenvalue weighted by molar-refractivity contribution is 5.57. The fraction of sp³-hybridized carbons (Fsp3) is 0.571. The summed E-state index contributed by atoms with van der Waals surface area (Å²) in [6.45, 7) is 2.02. The topological polar surface area (TPSA) is 35.2 Å². The number of hydrogen-bond donors (Lipinski definition) is 1. The molecule has 0 atom stereocenters. The molecule has 2 heteroatoms. The van der Waals surface area contributed by atoms with Gasteiger partial charge in [0.15, 0.2) is 0 Å². The molecule has 0 aromatic heterocycles. The van der Waals surface area contributed by atoms with Crippen molar-refractivity contribution in [1.29, 1.82) is 0 Å². The lowest BCUT2D eigenvalue weighted by molar-refractivity contribution is 0.185. The van der Waals surface area contributed by atoms with Crippen LogP contribution in [0, 0.1) is 6.92 Å². The molecule has 2 nitrogen and oxygen atoms in total. The predicted molar refractivity (Wildman–Crippen MR) is 67.7 cm³/mol. The van der Waals surface area contributed by atoms with Gasteiger partial charge >= 0.3 is 0 Å². The van der Waals surface area contributed by atoms with Crippen molar-refractivity contribution in [2.45, 2.75) is 51.6 Å². The van der Waals surface area contributed by atoms with Gasteiger partial charge in [-0.25, -0.2) is 0 Å². The van der Waals surface area contributed by atoms with E-state index in [0.29, 0.717) is 6.10 Å². The largest absolute Gasteiger partial charge is 0.488 e. The molecule has 1 fully saturated rings. The predicted octanol–water partition coefficient (Wildman–Crippen LogP) is 3.68. The van der Waals surface area contributed by atoms with E-state index < -0.39 is 0 Å². The Hall–Kier alpha value is -1.18. The molecule has 0 spiro atoms. The Bertz CT molecular complexity index is 341. The molecule has 88 valence electrons.